The largest absolute Gasteiger partial charge is 0.362 e. The van der Waals surface area contributed by atoms with Gasteiger partial charge in [0.05, 0.1) is 0 Å². The van der Waals surface area contributed by atoms with Crippen LogP contribution in [0, 0.1) is 0 Å². The molecule has 0 rings (SSSR count). The SMILES string of the molecule is C/C=C/CCC.C/C=C\C.C=CNC(/C=C(/C)CC)=C(CC)CC.CC.CC. The van der Waals surface area contributed by atoms with Crippen LogP contribution in [0.25, 0.3) is 0 Å². The molecule has 1 nitrogen and oxygen atoms in total. The van der Waals surface area contributed by atoms with E-state index in [-0.39, 0.29) is 0 Å². The van der Waals surface area contributed by atoms with Gasteiger partial charge in [0.1, 0.15) is 0 Å². The first-order valence-electron chi connectivity index (χ1n) is 11.5. The van der Waals surface area contributed by atoms with Crippen molar-refractivity contribution in [3.8, 4) is 0 Å². The highest BCUT2D eigenvalue weighted by Crippen LogP contribution is 2.14. The molecule has 0 saturated heterocycles. The highest BCUT2D eigenvalue weighted by molar-refractivity contribution is 5.28. The molecule has 0 aliphatic heterocycles. The number of allylic oxidation sites excluding steroid dienone is 7. The molecule has 0 radical (unpaired) electrons. The number of hydrogen-bond acceptors (Lipinski definition) is 1. The molecule has 0 aromatic heterocycles. The first-order chi connectivity index (χ1) is 13.5. The second-order valence-corrected chi connectivity index (χ2v) is 5.44. The molecule has 0 aliphatic carbocycles. The van der Waals surface area contributed by atoms with E-state index in [1.807, 2.05) is 53.7 Å². The fourth-order valence-corrected chi connectivity index (χ4v) is 1.67. The Kier molecular flexibility index (Phi) is 53.6. The molecule has 0 heterocycles. The third-order valence-corrected chi connectivity index (χ3v) is 3.46. The predicted octanol–water partition coefficient (Wildman–Crippen LogP) is 10.1. The number of nitrogens with one attached hydrogen (secondary N) is 1. The van der Waals surface area contributed by atoms with Crippen LogP contribution in [0.2, 0.25) is 0 Å². The molecule has 0 aromatic rings. The van der Waals surface area contributed by atoms with Crippen LogP contribution in [0.4, 0.5) is 0 Å². The van der Waals surface area contributed by atoms with E-state index >= 15 is 0 Å². The summed E-state index contributed by atoms with van der Waals surface area (Å²) >= 11 is 0. The van der Waals surface area contributed by atoms with Crippen molar-refractivity contribution in [3.05, 3.63) is 60.0 Å². The minimum absolute atomic E-state index is 1.10. The van der Waals surface area contributed by atoms with Crippen LogP contribution in [0.3, 0.4) is 0 Å². The lowest BCUT2D eigenvalue weighted by Crippen LogP contribution is -2.06. The highest BCUT2D eigenvalue weighted by atomic mass is 14.8. The first-order valence-corrected chi connectivity index (χ1v) is 11.5. The van der Waals surface area contributed by atoms with Crippen molar-refractivity contribution in [1.82, 2.24) is 5.32 Å². The van der Waals surface area contributed by atoms with Gasteiger partial charge in [-0.25, -0.2) is 0 Å². The summed E-state index contributed by atoms with van der Waals surface area (Å²) in [7, 11) is 0. The molecule has 0 atom stereocenters. The molecular weight excluding hydrogens is 338 g/mol. The lowest BCUT2D eigenvalue weighted by Gasteiger charge is -2.10. The molecule has 28 heavy (non-hydrogen) atoms. The van der Waals surface area contributed by atoms with Gasteiger partial charge in [0.15, 0.2) is 0 Å². The van der Waals surface area contributed by atoms with E-state index < -0.39 is 0 Å². The third-order valence-electron chi connectivity index (χ3n) is 3.46. The molecule has 0 bridgehead atoms. The Bertz CT molecular complexity index is 371. The second-order valence-electron chi connectivity index (χ2n) is 5.44. The van der Waals surface area contributed by atoms with E-state index in [4.69, 9.17) is 0 Å². The van der Waals surface area contributed by atoms with Crippen LogP contribution in [0.5, 0.6) is 0 Å². The van der Waals surface area contributed by atoms with Crippen molar-refractivity contribution in [1.29, 1.82) is 0 Å². The van der Waals surface area contributed by atoms with Crippen molar-refractivity contribution in [2.75, 3.05) is 0 Å². The quantitative estimate of drug-likeness (QED) is 0.319. The van der Waals surface area contributed by atoms with E-state index in [0.29, 0.717) is 0 Å². The molecule has 168 valence electrons. The van der Waals surface area contributed by atoms with Gasteiger partial charge in [-0.05, 0) is 71.2 Å². The van der Waals surface area contributed by atoms with Gasteiger partial charge in [-0.2, -0.15) is 0 Å². The maximum absolute atomic E-state index is 3.71. The van der Waals surface area contributed by atoms with Gasteiger partial charge in [0.25, 0.3) is 0 Å². The average molecular weight is 394 g/mol. The summed E-state index contributed by atoms with van der Waals surface area (Å²) in [5, 5.41) is 3.22. The van der Waals surface area contributed by atoms with Crippen LogP contribution < -0.4 is 5.32 Å². The Balaban J connectivity index is -0.000000104. The fourth-order valence-electron chi connectivity index (χ4n) is 1.67. The standard InChI is InChI=1S/C13H23N.C6H12.C4H8.2C2H6/c1-6-11(5)10-13(14-9-4)12(7-2)8-3;1-3-5-6-4-2;1-3-4-2;2*1-2/h9-10,14H,4,6-8H2,1-3,5H3;3,5H,4,6H2,1-2H3;3-4H,1-2H3;2*1-2H3/b11-10-;5-3+;4-3-;;. The van der Waals surface area contributed by atoms with Gasteiger partial charge in [-0.15, -0.1) is 0 Å². The van der Waals surface area contributed by atoms with Crippen molar-refractivity contribution in [2.24, 2.45) is 0 Å². The lowest BCUT2D eigenvalue weighted by atomic mass is 10.1. The topological polar surface area (TPSA) is 12.0 Å². The molecule has 0 aliphatic rings. The third kappa shape index (κ3) is 35.6. The molecule has 0 unspecified atom stereocenters. The Hall–Kier alpha value is -1.50. The smallest absolute Gasteiger partial charge is 0.0370 e. The lowest BCUT2D eigenvalue weighted by molar-refractivity contribution is 0.911. The van der Waals surface area contributed by atoms with Crippen molar-refractivity contribution < 1.29 is 0 Å². The van der Waals surface area contributed by atoms with Crippen LogP contribution in [-0.2, 0) is 0 Å². The summed E-state index contributed by atoms with van der Waals surface area (Å²) in [6.45, 7) is 28.7. The van der Waals surface area contributed by atoms with Gasteiger partial charge in [-0.3, -0.25) is 0 Å². The molecule has 0 spiro atoms. The van der Waals surface area contributed by atoms with Crippen LogP contribution in [-0.4, -0.2) is 0 Å². The molecular formula is C27H55N. The van der Waals surface area contributed by atoms with E-state index in [1.165, 1.54) is 29.7 Å². The van der Waals surface area contributed by atoms with Crippen molar-refractivity contribution in [2.45, 2.75) is 115 Å². The maximum Gasteiger partial charge on any atom is 0.0370 e. The molecule has 0 saturated carbocycles. The van der Waals surface area contributed by atoms with Gasteiger partial charge in [-0.1, -0.05) is 98.3 Å². The van der Waals surface area contributed by atoms with Crippen molar-refractivity contribution >= 4 is 0 Å². The first kappa shape index (κ1) is 37.3. The van der Waals surface area contributed by atoms with Crippen LogP contribution in [0.1, 0.15) is 115 Å². The number of hydrogen-bond donors (Lipinski definition) is 1. The zero-order valence-electron chi connectivity index (χ0n) is 21.7. The van der Waals surface area contributed by atoms with Gasteiger partial charge in [0, 0.05) is 5.70 Å². The summed E-state index contributed by atoms with van der Waals surface area (Å²) in [6.07, 6.45) is 18.0. The van der Waals surface area contributed by atoms with Crippen LogP contribution >= 0.6 is 0 Å². The maximum atomic E-state index is 3.71. The Morgan fingerprint density at radius 2 is 1.25 bits per heavy atom. The summed E-state index contributed by atoms with van der Waals surface area (Å²) in [6, 6.07) is 0. The molecule has 0 fully saturated rings. The summed E-state index contributed by atoms with van der Waals surface area (Å²) in [5.74, 6) is 0. The minimum atomic E-state index is 1.10. The average Bonchev–Trinajstić information content (AvgIpc) is 2.76. The Labute approximate surface area is 180 Å². The fraction of sp³-hybridized carbons (Fsp3) is 0.630. The monoisotopic (exact) mass is 393 g/mol. The Morgan fingerprint density at radius 3 is 1.46 bits per heavy atom. The van der Waals surface area contributed by atoms with E-state index in [2.05, 4.69) is 71.7 Å². The number of unbranched alkanes of at least 4 members (excludes halogenated alkanes) is 1. The second kappa shape index (κ2) is 40.3. The predicted molar refractivity (Wildman–Crippen MR) is 138 cm³/mol. The zero-order valence-corrected chi connectivity index (χ0v) is 21.7. The molecule has 0 aromatic carbocycles. The number of rotatable bonds is 8. The van der Waals surface area contributed by atoms with E-state index in [9.17, 15) is 0 Å². The normalized spacial score (nSPS) is 9.50. The van der Waals surface area contributed by atoms with Gasteiger partial charge in [0.2, 0.25) is 0 Å². The Morgan fingerprint density at radius 1 is 0.786 bits per heavy atom. The minimum Gasteiger partial charge on any atom is -0.362 e. The molecule has 1 heteroatoms. The van der Waals surface area contributed by atoms with Crippen molar-refractivity contribution in [3.63, 3.8) is 0 Å². The van der Waals surface area contributed by atoms with Gasteiger partial charge >= 0.3 is 0 Å². The van der Waals surface area contributed by atoms with E-state index in [0.717, 1.165) is 19.3 Å². The van der Waals surface area contributed by atoms with E-state index in [1.54, 1.807) is 6.20 Å². The van der Waals surface area contributed by atoms with Gasteiger partial charge < -0.3 is 5.32 Å². The summed E-state index contributed by atoms with van der Waals surface area (Å²) < 4.78 is 0. The van der Waals surface area contributed by atoms with Crippen LogP contribution in [0.15, 0.2) is 60.0 Å². The summed E-state index contributed by atoms with van der Waals surface area (Å²) in [4.78, 5) is 0. The molecule has 1 N–H and O–H groups in total. The summed E-state index contributed by atoms with van der Waals surface area (Å²) in [5.41, 5.74) is 4.08. The molecule has 0 amide bonds. The highest BCUT2D eigenvalue weighted by Gasteiger charge is 1.99. The zero-order chi connectivity index (χ0) is 23.2.